The predicted octanol–water partition coefficient (Wildman–Crippen LogP) is 4.43. The molecule has 0 aliphatic carbocycles. The lowest BCUT2D eigenvalue weighted by atomic mass is 10.1. The van der Waals surface area contributed by atoms with Crippen molar-refractivity contribution in [3.63, 3.8) is 0 Å². The van der Waals surface area contributed by atoms with Crippen molar-refractivity contribution in [2.24, 2.45) is 0 Å². The van der Waals surface area contributed by atoms with Gasteiger partial charge in [-0.3, -0.25) is 0 Å². The van der Waals surface area contributed by atoms with Crippen molar-refractivity contribution in [3.8, 4) is 0 Å². The monoisotopic (exact) mass is 322 g/mol. The topological polar surface area (TPSA) is 62.2 Å². The summed E-state index contributed by atoms with van der Waals surface area (Å²) in [4.78, 5) is 17.9. The number of carboxylic acids is 1. The van der Waals surface area contributed by atoms with Crippen molar-refractivity contribution in [2.75, 3.05) is 11.1 Å². The van der Waals surface area contributed by atoms with Crippen molar-refractivity contribution < 1.29 is 9.90 Å². The van der Waals surface area contributed by atoms with E-state index in [0.717, 1.165) is 20.5 Å². The predicted molar refractivity (Wildman–Crippen MR) is 88.7 cm³/mol. The average Bonchev–Trinajstić information content (AvgIpc) is 2.86. The Balaban J connectivity index is 2.30. The molecule has 1 unspecified atom stereocenters. The number of hydrogen-bond donors (Lipinski definition) is 2. The minimum Gasteiger partial charge on any atom is -0.478 e. The molecule has 0 aliphatic rings. The third kappa shape index (κ3) is 3.77. The zero-order valence-electron chi connectivity index (χ0n) is 12.2. The quantitative estimate of drug-likeness (QED) is 0.770. The maximum atomic E-state index is 11.6. The highest BCUT2D eigenvalue weighted by molar-refractivity contribution is 7.99. The fourth-order valence-electron chi connectivity index (χ4n) is 2.02. The number of rotatable bonds is 6. The van der Waals surface area contributed by atoms with Gasteiger partial charge in [-0.2, -0.15) is 0 Å². The Hall–Kier alpha value is -1.53. The molecule has 1 heterocycles. The highest BCUT2D eigenvalue weighted by Crippen LogP contribution is 2.31. The SMILES string of the molecule is CCSc1cccc(NC(C)c2ncc(C)s2)c1C(=O)O. The average molecular weight is 322 g/mol. The largest absolute Gasteiger partial charge is 0.478 e. The molecular weight excluding hydrogens is 304 g/mol. The van der Waals surface area contributed by atoms with E-state index < -0.39 is 5.97 Å². The van der Waals surface area contributed by atoms with Crippen LogP contribution in [0.3, 0.4) is 0 Å². The Labute approximate surface area is 132 Å². The Kier molecular flexibility index (Phi) is 5.25. The maximum absolute atomic E-state index is 11.6. The van der Waals surface area contributed by atoms with E-state index in [0.29, 0.717) is 11.3 Å². The Bertz CT molecular complexity index is 640. The molecule has 2 N–H and O–H groups in total. The van der Waals surface area contributed by atoms with Gasteiger partial charge in [0, 0.05) is 16.0 Å². The summed E-state index contributed by atoms with van der Waals surface area (Å²) in [5.41, 5.74) is 0.978. The number of benzene rings is 1. The molecule has 0 radical (unpaired) electrons. The van der Waals surface area contributed by atoms with Crippen LogP contribution in [0.1, 0.15) is 40.1 Å². The molecule has 0 saturated carbocycles. The van der Waals surface area contributed by atoms with Gasteiger partial charge in [-0.05, 0) is 31.7 Å². The molecule has 2 aromatic rings. The van der Waals surface area contributed by atoms with Crippen molar-refractivity contribution in [2.45, 2.75) is 31.7 Å². The summed E-state index contributed by atoms with van der Waals surface area (Å²) in [5, 5.41) is 13.7. The van der Waals surface area contributed by atoms with Crippen molar-refractivity contribution in [1.29, 1.82) is 0 Å². The van der Waals surface area contributed by atoms with E-state index in [1.807, 2.05) is 39.1 Å². The molecule has 112 valence electrons. The molecule has 21 heavy (non-hydrogen) atoms. The number of thioether (sulfide) groups is 1. The normalized spacial score (nSPS) is 12.1. The summed E-state index contributed by atoms with van der Waals surface area (Å²) in [7, 11) is 0. The van der Waals surface area contributed by atoms with Gasteiger partial charge in [-0.25, -0.2) is 9.78 Å². The van der Waals surface area contributed by atoms with E-state index >= 15 is 0 Å². The van der Waals surface area contributed by atoms with E-state index in [2.05, 4.69) is 10.3 Å². The van der Waals surface area contributed by atoms with Crippen molar-refractivity contribution in [1.82, 2.24) is 4.98 Å². The van der Waals surface area contributed by atoms with Crippen LogP contribution in [0.15, 0.2) is 29.3 Å². The number of aryl methyl sites for hydroxylation is 1. The van der Waals surface area contributed by atoms with Crippen molar-refractivity contribution in [3.05, 3.63) is 39.8 Å². The minimum absolute atomic E-state index is 0.0244. The van der Waals surface area contributed by atoms with Gasteiger partial charge in [-0.15, -0.1) is 23.1 Å². The molecule has 6 heteroatoms. The summed E-state index contributed by atoms with van der Waals surface area (Å²) >= 11 is 3.16. The molecule has 0 fully saturated rings. The second-order valence-electron chi connectivity index (χ2n) is 4.59. The van der Waals surface area contributed by atoms with Gasteiger partial charge in [0.2, 0.25) is 0 Å². The number of aromatic nitrogens is 1. The van der Waals surface area contributed by atoms with Gasteiger partial charge in [-0.1, -0.05) is 13.0 Å². The van der Waals surface area contributed by atoms with Crippen LogP contribution in [-0.4, -0.2) is 21.8 Å². The molecule has 0 amide bonds. The number of hydrogen-bond acceptors (Lipinski definition) is 5. The molecule has 0 spiro atoms. The van der Waals surface area contributed by atoms with E-state index in [4.69, 9.17) is 0 Å². The van der Waals surface area contributed by atoms with E-state index in [-0.39, 0.29) is 6.04 Å². The zero-order chi connectivity index (χ0) is 15.4. The van der Waals surface area contributed by atoms with Gasteiger partial charge < -0.3 is 10.4 Å². The van der Waals surface area contributed by atoms with Crippen LogP contribution in [0.5, 0.6) is 0 Å². The highest BCUT2D eigenvalue weighted by Gasteiger charge is 2.18. The molecule has 1 atom stereocenters. The fourth-order valence-corrected chi connectivity index (χ4v) is 3.62. The molecular formula is C15H18N2O2S2. The Morgan fingerprint density at radius 2 is 2.29 bits per heavy atom. The van der Waals surface area contributed by atoms with Crippen LogP contribution in [0, 0.1) is 6.92 Å². The number of aromatic carboxylic acids is 1. The van der Waals surface area contributed by atoms with Gasteiger partial charge in [0.05, 0.1) is 17.3 Å². The first-order valence-electron chi connectivity index (χ1n) is 6.71. The first kappa shape index (κ1) is 15.9. The van der Waals surface area contributed by atoms with Gasteiger partial charge in [0.25, 0.3) is 0 Å². The molecule has 0 aliphatic heterocycles. The standard InChI is InChI=1S/C15H18N2O2S2/c1-4-20-12-7-5-6-11(13(12)15(18)19)17-10(3)14-16-8-9(2)21-14/h5-8,10,17H,4H2,1-3H3,(H,18,19). The molecule has 1 aromatic heterocycles. The number of nitrogens with one attached hydrogen (secondary N) is 1. The molecule has 0 saturated heterocycles. The summed E-state index contributed by atoms with van der Waals surface area (Å²) in [6.07, 6.45) is 1.83. The van der Waals surface area contributed by atoms with E-state index in [9.17, 15) is 9.90 Å². The lowest BCUT2D eigenvalue weighted by molar-refractivity contribution is 0.0694. The first-order valence-corrected chi connectivity index (χ1v) is 8.51. The third-order valence-corrected chi connectivity index (χ3v) is 4.96. The van der Waals surface area contributed by atoms with E-state index in [1.54, 1.807) is 17.4 Å². The summed E-state index contributed by atoms with van der Waals surface area (Å²) in [6.45, 7) is 6.01. The second-order valence-corrected chi connectivity index (χ2v) is 7.16. The summed E-state index contributed by atoms with van der Waals surface area (Å²) < 4.78 is 0. The lowest BCUT2D eigenvalue weighted by Crippen LogP contribution is -2.11. The first-order chi connectivity index (χ1) is 10.0. The van der Waals surface area contributed by atoms with E-state index in [1.165, 1.54) is 11.8 Å². The van der Waals surface area contributed by atoms with Gasteiger partial charge in [0.15, 0.2) is 0 Å². The maximum Gasteiger partial charge on any atom is 0.338 e. The smallest absolute Gasteiger partial charge is 0.338 e. The van der Waals surface area contributed by atoms with Crippen LogP contribution in [-0.2, 0) is 0 Å². The minimum atomic E-state index is -0.906. The summed E-state index contributed by atoms with van der Waals surface area (Å²) in [6, 6.07) is 5.51. The van der Waals surface area contributed by atoms with Crippen LogP contribution in [0.2, 0.25) is 0 Å². The molecule has 4 nitrogen and oxygen atoms in total. The number of nitrogens with zero attached hydrogens (tertiary/aromatic N) is 1. The highest BCUT2D eigenvalue weighted by atomic mass is 32.2. The number of carbonyl (C=O) groups is 1. The van der Waals surface area contributed by atoms with Gasteiger partial charge in [0.1, 0.15) is 5.01 Å². The third-order valence-electron chi connectivity index (χ3n) is 2.92. The molecule has 1 aromatic carbocycles. The van der Waals surface area contributed by atoms with Crippen LogP contribution in [0.4, 0.5) is 5.69 Å². The van der Waals surface area contributed by atoms with Gasteiger partial charge >= 0.3 is 5.97 Å². The van der Waals surface area contributed by atoms with Crippen LogP contribution >= 0.6 is 23.1 Å². The lowest BCUT2D eigenvalue weighted by Gasteiger charge is -2.16. The Morgan fingerprint density at radius 1 is 1.52 bits per heavy atom. The fraction of sp³-hybridized carbons (Fsp3) is 0.333. The number of thiazole rings is 1. The second kappa shape index (κ2) is 6.95. The summed E-state index contributed by atoms with van der Waals surface area (Å²) in [5.74, 6) is -0.0677. The zero-order valence-corrected chi connectivity index (χ0v) is 13.8. The molecule has 0 bridgehead atoms. The van der Waals surface area contributed by atoms with Crippen molar-refractivity contribution >= 4 is 34.8 Å². The number of anilines is 1. The Morgan fingerprint density at radius 3 is 2.86 bits per heavy atom. The molecule has 2 rings (SSSR count). The number of carboxylic acid groups (broad SMARTS) is 1. The van der Waals surface area contributed by atoms with Crippen LogP contribution < -0.4 is 5.32 Å². The van der Waals surface area contributed by atoms with Crippen LogP contribution in [0.25, 0.3) is 0 Å².